The molecule has 0 aromatic heterocycles. The van der Waals surface area contributed by atoms with Crippen LogP contribution in [0.3, 0.4) is 0 Å². The summed E-state index contributed by atoms with van der Waals surface area (Å²) < 4.78 is 10.4. The lowest BCUT2D eigenvalue weighted by Crippen LogP contribution is -2.39. The van der Waals surface area contributed by atoms with Crippen molar-refractivity contribution in [2.24, 2.45) is 0 Å². The third-order valence-electron chi connectivity index (χ3n) is 3.38. The third kappa shape index (κ3) is 2.81. The Bertz CT molecular complexity index is 597. The largest absolute Gasteiger partial charge is 0.454 e. The van der Waals surface area contributed by atoms with Crippen LogP contribution in [-0.4, -0.2) is 36.0 Å². The Kier molecular flexibility index (Phi) is 3.47. The van der Waals surface area contributed by atoms with E-state index in [0.717, 1.165) is 10.5 Å². The average molecular weight is 290 g/mol. The van der Waals surface area contributed by atoms with Crippen molar-refractivity contribution in [2.45, 2.75) is 19.4 Å². The minimum absolute atomic E-state index is 0.189. The summed E-state index contributed by atoms with van der Waals surface area (Å²) in [7, 11) is 0. The molecule has 7 nitrogen and oxygen atoms in total. The van der Waals surface area contributed by atoms with Crippen LogP contribution in [0.1, 0.15) is 18.4 Å². The Hall–Kier alpha value is -2.57. The summed E-state index contributed by atoms with van der Waals surface area (Å²) in [4.78, 5) is 35.6. The van der Waals surface area contributed by atoms with Crippen LogP contribution in [0.5, 0.6) is 11.5 Å². The Balaban J connectivity index is 1.54. The van der Waals surface area contributed by atoms with E-state index in [0.29, 0.717) is 18.0 Å². The van der Waals surface area contributed by atoms with Crippen LogP contribution in [0.4, 0.5) is 0 Å². The minimum atomic E-state index is -0.365. The topological polar surface area (TPSA) is 84.9 Å². The fraction of sp³-hybridized carbons (Fsp3) is 0.357. The zero-order valence-electron chi connectivity index (χ0n) is 11.3. The number of rotatable bonds is 4. The Labute approximate surface area is 120 Å². The van der Waals surface area contributed by atoms with Gasteiger partial charge in [-0.1, -0.05) is 6.07 Å². The minimum Gasteiger partial charge on any atom is -0.454 e. The Morgan fingerprint density at radius 2 is 1.86 bits per heavy atom. The molecule has 0 atom stereocenters. The monoisotopic (exact) mass is 290 g/mol. The predicted molar refractivity (Wildman–Crippen MR) is 70.4 cm³/mol. The highest BCUT2D eigenvalue weighted by atomic mass is 16.7. The van der Waals surface area contributed by atoms with Crippen molar-refractivity contribution in [3.8, 4) is 11.5 Å². The van der Waals surface area contributed by atoms with Crippen molar-refractivity contribution in [3.05, 3.63) is 23.8 Å². The number of nitrogens with zero attached hydrogens (tertiary/aromatic N) is 1. The van der Waals surface area contributed by atoms with Crippen LogP contribution in [0.2, 0.25) is 0 Å². The van der Waals surface area contributed by atoms with Gasteiger partial charge in [0, 0.05) is 19.4 Å². The van der Waals surface area contributed by atoms with Gasteiger partial charge >= 0.3 is 0 Å². The number of amides is 3. The van der Waals surface area contributed by atoms with E-state index in [2.05, 4.69) is 5.32 Å². The number of fused-ring (bicyclic) bond motifs is 1. The van der Waals surface area contributed by atoms with Crippen LogP contribution in [0.15, 0.2) is 18.2 Å². The number of imide groups is 1. The standard InChI is InChI=1S/C14H14N2O5/c17-12(7-16-13(18)3-4-14(16)19)15-6-9-1-2-10-11(5-9)21-8-20-10/h1-2,5H,3-4,6-8H2,(H,15,17). The van der Waals surface area contributed by atoms with Gasteiger partial charge in [-0.2, -0.15) is 0 Å². The second-order valence-corrected chi connectivity index (χ2v) is 4.84. The van der Waals surface area contributed by atoms with Crippen molar-refractivity contribution in [1.29, 1.82) is 0 Å². The van der Waals surface area contributed by atoms with E-state index in [4.69, 9.17) is 9.47 Å². The van der Waals surface area contributed by atoms with Crippen molar-refractivity contribution < 1.29 is 23.9 Å². The van der Waals surface area contributed by atoms with Crippen molar-refractivity contribution in [2.75, 3.05) is 13.3 Å². The fourth-order valence-corrected chi connectivity index (χ4v) is 2.25. The van der Waals surface area contributed by atoms with Crippen molar-refractivity contribution >= 4 is 17.7 Å². The van der Waals surface area contributed by atoms with E-state index in [1.807, 2.05) is 6.07 Å². The van der Waals surface area contributed by atoms with Crippen LogP contribution in [-0.2, 0) is 20.9 Å². The number of nitrogens with one attached hydrogen (secondary N) is 1. The maximum Gasteiger partial charge on any atom is 0.240 e. The van der Waals surface area contributed by atoms with E-state index in [1.165, 1.54) is 0 Å². The quantitative estimate of drug-likeness (QED) is 0.800. The lowest BCUT2D eigenvalue weighted by molar-refractivity contribution is -0.142. The molecular formula is C14H14N2O5. The third-order valence-corrected chi connectivity index (χ3v) is 3.38. The van der Waals surface area contributed by atoms with E-state index in [1.54, 1.807) is 12.1 Å². The van der Waals surface area contributed by atoms with Gasteiger partial charge in [0.25, 0.3) is 0 Å². The number of carbonyl (C=O) groups excluding carboxylic acids is 3. The van der Waals surface area contributed by atoms with E-state index in [-0.39, 0.29) is 43.9 Å². The number of ether oxygens (including phenoxy) is 2. The normalized spacial score (nSPS) is 16.5. The zero-order valence-corrected chi connectivity index (χ0v) is 11.3. The summed E-state index contributed by atoms with van der Waals surface area (Å²) in [5.41, 5.74) is 0.853. The van der Waals surface area contributed by atoms with Crippen LogP contribution < -0.4 is 14.8 Å². The Morgan fingerprint density at radius 3 is 2.62 bits per heavy atom. The van der Waals surface area contributed by atoms with Crippen LogP contribution >= 0.6 is 0 Å². The van der Waals surface area contributed by atoms with Gasteiger partial charge in [-0.25, -0.2) is 0 Å². The number of likely N-dealkylation sites (tertiary alicyclic amines) is 1. The van der Waals surface area contributed by atoms with Gasteiger partial charge < -0.3 is 14.8 Å². The highest BCUT2D eigenvalue weighted by molar-refractivity contribution is 6.04. The van der Waals surface area contributed by atoms with Crippen molar-refractivity contribution in [3.63, 3.8) is 0 Å². The summed E-state index contributed by atoms with van der Waals surface area (Å²) in [6, 6.07) is 5.38. The molecule has 1 fully saturated rings. The molecule has 1 N–H and O–H groups in total. The van der Waals surface area contributed by atoms with Gasteiger partial charge in [-0.05, 0) is 17.7 Å². The molecule has 0 aliphatic carbocycles. The number of benzene rings is 1. The highest BCUT2D eigenvalue weighted by Gasteiger charge is 2.30. The lowest BCUT2D eigenvalue weighted by Gasteiger charge is -2.13. The van der Waals surface area contributed by atoms with E-state index in [9.17, 15) is 14.4 Å². The molecule has 1 aromatic rings. The summed E-state index contributed by atoms with van der Waals surface area (Å²) in [6.07, 6.45) is 0.378. The summed E-state index contributed by atoms with van der Waals surface area (Å²) in [5, 5.41) is 2.68. The molecule has 0 saturated carbocycles. The Morgan fingerprint density at radius 1 is 1.14 bits per heavy atom. The van der Waals surface area contributed by atoms with E-state index >= 15 is 0 Å². The van der Waals surface area contributed by atoms with Gasteiger partial charge in [0.1, 0.15) is 6.54 Å². The smallest absolute Gasteiger partial charge is 0.240 e. The van der Waals surface area contributed by atoms with Gasteiger partial charge in [0.2, 0.25) is 24.5 Å². The summed E-state index contributed by atoms with van der Waals surface area (Å²) in [5.74, 6) is 0.373. The predicted octanol–water partition coefficient (Wildman–Crippen LogP) is 0.180. The first-order valence-corrected chi connectivity index (χ1v) is 6.62. The average Bonchev–Trinajstić information content (AvgIpc) is 3.06. The first kappa shape index (κ1) is 13.4. The molecule has 2 aliphatic rings. The first-order valence-electron chi connectivity index (χ1n) is 6.62. The summed E-state index contributed by atoms with van der Waals surface area (Å²) in [6.45, 7) is 0.276. The highest BCUT2D eigenvalue weighted by Crippen LogP contribution is 2.32. The first-order chi connectivity index (χ1) is 10.1. The van der Waals surface area contributed by atoms with Crippen LogP contribution in [0, 0.1) is 0 Å². The van der Waals surface area contributed by atoms with Gasteiger partial charge in [-0.3, -0.25) is 19.3 Å². The second-order valence-electron chi connectivity index (χ2n) is 4.84. The SMILES string of the molecule is O=C(CN1C(=O)CCC1=O)NCc1ccc2c(c1)OCO2. The second kappa shape index (κ2) is 5.43. The molecular weight excluding hydrogens is 276 g/mol. The van der Waals surface area contributed by atoms with Crippen LogP contribution in [0.25, 0.3) is 0 Å². The molecule has 0 unspecified atom stereocenters. The molecule has 7 heteroatoms. The number of hydrogen-bond acceptors (Lipinski definition) is 5. The van der Waals surface area contributed by atoms with Gasteiger partial charge in [0.05, 0.1) is 0 Å². The molecule has 0 radical (unpaired) electrons. The number of hydrogen-bond donors (Lipinski definition) is 1. The number of carbonyl (C=O) groups is 3. The van der Waals surface area contributed by atoms with Gasteiger partial charge in [0.15, 0.2) is 11.5 Å². The molecule has 2 heterocycles. The molecule has 1 aromatic carbocycles. The zero-order chi connectivity index (χ0) is 14.8. The molecule has 3 amide bonds. The molecule has 110 valence electrons. The molecule has 21 heavy (non-hydrogen) atoms. The fourth-order valence-electron chi connectivity index (χ4n) is 2.25. The molecule has 3 rings (SSSR count). The maximum atomic E-state index is 11.8. The van der Waals surface area contributed by atoms with E-state index < -0.39 is 0 Å². The van der Waals surface area contributed by atoms with Crippen molar-refractivity contribution in [1.82, 2.24) is 10.2 Å². The lowest BCUT2D eigenvalue weighted by atomic mass is 10.2. The summed E-state index contributed by atoms with van der Waals surface area (Å²) >= 11 is 0. The molecule has 2 aliphatic heterocycles. The van der Waals surface area contributed by atoms with Gasteiger partial charge in [-0.15, -0.1) is 0 Å². The molecule has 1 saturated heterocycles. The molecule has 0 spiro atoms. The maximum absolute atomic E-state index is 11.8. The molecule has 0 bridgehead atoms.